The molecular formula is C20H25BBrF2O2. The standard InChI is InChI=1S/C10H13BFO2.C10H12BrF/c1-6(2)8-5-10(14-11-13)7(3)4-9(8)12;1-6(2)8-5-9(11)7(3)4-10(8)12/h4-6,13H,1-3H3;4-6H,1-3H3. The summed E-state index contributed by atoms with van der Waals surface area (Å²) >= 11 is 3.38. The molecular weight excluding hydrogens is 401 g/mol. The Balaban J connectivity index is 0.000000263. The van der Waals surface area contributed by atoms with E-state index in [9.17, 15) is 8.78 Å². The second-order valence-electron chi connectivity index (χ2n) is 6.79. The number of halogens is 3. The molecule has 2 aromatic carbocycles. The summed E-state index contributed by atoms with van der Waals surface area (Å²) in [5.41, 5.74) is 2.97. The molecule has 0 bridgehead atoms. The van der Waals surface area contributed by atoms with Crippen LogP contribution in [0.15, 0.2) is 28.7 Å². The third-order valence-electron chi connectivity index (χ3n) is 4.00. The van der Waals surface area contributed by atoms with Crippen LogP contribution in [0.4, 0.5) is 8.78 Å². The first-order valence-corrected chi connectivity index (χ1v) is 9.25. The van der Waals surface area contributed by atoms with Gasteiger partial charge in [-0.25, -0.2) is 8.78 Å². The van der Waals surface area contributed by atoms with E-state index in [2.05, 4.69) is 15.9 Å². The third kappa shape index (κ3) is 6.10. The highest BCUT2D eigenvalue weighted by Gasteiger charge is 2.11. The molecule has 1 radical (unpaired) electrons. The second-order valence-corrected chi connectivity index (χ2v) is 7.65. The Hall–Kier alpha value is -1.40. The van der Waals surface area contributed by atoms with Crippen LogP contribution in [0.3, 0.4) is 0 Å². The fraction of sp³-hybridized carbons (Fsp3) is 0.400. The van der Waals surface area contributed by atoms with Gasteiger partial charge >= 0.3 is 7.69 Å². The van der Waals surface area contributed by atoms with Gasteiger partial charge in [-0.15, -0.1) is 0 Å². The van der Waals surface area contributed by atoms with Gasteiger partial charge in [-0.3, -0.25) is 0 Å². The van der Waals surface area contributed by atoms with Gasteiger partial charge in [-0.1, -0.05) is 43.6 Å². The molecule has 1 N–H and O–H groups in total. The SMILES string of the molecule is Cc1cc(F)c(C(C)C)cc1Br.Cc1cc(F)c(C(C)C)cc1O[B]O. The summed E-state index contributed by atoms with van der Waals surface area (Å²) in [6.45, 7) is 11.4. The van der Waals surface area contributed by atoms with Crippen molar-refractivity contribution in [3.63, 3.8) is 0 Å². The van der Waals surface area contributed by atoms with Gasteiger partial charge in [0.05, 0.1) is 0 Å². The lowest BCUT2D eigenvalue weighted by Gasteiger charge is -2.12. The van der Waals surface area contributed by atoms with Crippen LogP contribution in [0.1, 0.15) is 61.8 Å². The largest absolute Gasteiger partial charge is 0.569 e. The normalized spacial score (nSPS) is 10.6. The van der Waals surface area contributed by atoms with Gasteiger partial charge in [0, 0.05) is 4.47 Å². The minimum atomic E-state index is -0.234. The molecule has 2 aromatic rings. The van der Waals surface area contributed by atoms with Crippen LogP contribution in [-0.4, -0.2) is 12.7 Å². The summed E-state index contributed by atoms with van der Waals surface area (Å²) in [5.74, 6) is 0.477. The van der Waals surface area contributed by atoms with E-state index in [0.29, 0.717) is 24.6 Å². The summed E-state index contributed by atoms with van der Waals surface area (Å²) in [6, 6.07) is 6.45. The van der Waals surface area contributed by atoms with E-state index >= 15 is 0 Å². The number of hydrogen-bond donors (Lipinski definition) is 1. The molecule has 6 heteroatoms. The Morgan fingerprint density at radius 1 is 0.885 bits per heavy atom. The minimum Gasteiger partial charge on any atom is -0.537 e. The number of hydrogen-bond acceptors (Lipinski definition) is 2. The number of rotatable bonds is 4. The molecule has 2 nitrogen and oxygen atoms in total. The number of benzene rings is 2. The molecule has 2 rings (SSSR count). The molecule has 0 spiro atoms. The van der Waals surface area contributed by atoms with Crippen molar-refractivity contribution in [3.05, 3.63) is 62.6 Å². The average Bonchev–Trinajstić information content (AvgIpc) is 2.53. The lowest BCUT2D eigenvalue weighted by Crippen LogP contribution is -2.04. The molecule has 0 amide bonds. The minimum absolute atomic E-state index is 0.0941. The van der Waals surface area contributed by atoms with Crippen molar-refractivity contribution in [2.75, 3.05) is 0 Å². The smallest absolute Gasteiger partial charge is 0.537 e. The summed E-state index contributed by atoms with van der Waals surface area (Å²) in [4.78, 5) is 0. The third-order valence-corrected chi connectivity index (χ3v) is 4.85. The lowest BCUT2D eigenvalue weighted by molar-refractivity contribution is 0.449. The van der Waals surface area contributed by atoms with Crippen LogP contribution in [0.5, 0.6) is 5.75 Å². The Labute approximate surface area is 164 Å². The van der Waals surface area contributed by atoms with Crippen LogP contribution in [0.2, 0.25) is 0 Å². The monoisotopic (exact) mass is 425 g/mol. The van der Waals surface area contributed by atoms with Crippen LogP contribution < -0.4 is 4.65 Å². The zero-order chi connectivity index (χ0) is 20.0. The fourth-order valence-electron chi connectivity index (χ4n) is 2.40. The van der Waals surface area contributed by atoms with E-state index in [4.69, 9.17) is 9.68 Å². The van der Waals surface area contributed by atoms with Crippen molar-refractivity contribution in [2.45, 2.75) is 53.4 Å². The Morgan fingerprint density at radius 2 is 1.35 bits per heavy atom. The zero-order valence-corrected chi connectivity index (χ0v) is 17.6. The number of aryl methyl sites for hydroxylation is 2. The van der Waals surface area contributed by atoms with E-state index in [1.807, 2.05) is 40.7 Å². The average molecular weight is 426 g/mol. The Morgan fingerprint density at radius 3 is 1.81 bits per heavy atom. The van der Waals surface area contributed by atoms with E-state index < -0.39 is 0 Å². The topological polar surface area (TPSA) is 29.5 Å². The van der Waals surface area contributed by atoms with Gasteiger partial charge in [0.25, 0.3) is 0 Å². The molecule has 141 valence electrons. The maximum atomic E-state index is 13.4. The summed E-state index contributed by atoms with van der Waals surface area (Å²) in [7, 11) is 0.602. The molecule has 0 fully saturated rings. The van der Waals surface area contributed by atoms with Crippen LogP contribution >= 0.6 is 15.9 Å². The highest BCUT2D eigenvalue weighted by molar-refractivity contribution is 9.10. The summed E-state index contributed by atoms with van der Waals surface area (Å²) in [5, 5.41) is 8.50. The molecule has 0 aromatic heterocycles. The molecule has 0 atom stereocenters. The quantitative estimate of drug-likeness (QED) is 0.592. The molecule has 0 saturated carbocycles. The van der Waals surface area contributed by atoms with Gasteiger partial charge in [0.2, 0.25) is 0 Å². The lowest BCUT2D eigenvalue weighted by atomic mass is 10.0. The van der Waals surface area contributed by atoms with Crippen LogP contribution in [0.25, 0.3) is 0 Å². The first-order valence-electron chi connectivity index (χ1n) is 8.46. The van der Waals surface area contributed by atoms with E-state index in [-0.39, 0.29) is 23.5 Å². The van der Waals surface area contributed by atoms with E-state index in [1.165, 1.54) is 6.07 Å². The fourth-order valence-corrected chi connectivity index (χ4v) is 2.76. The molecule has 0 heterocycles. The maximum absolute atomic E-state index is 13.4. The highest BCUT2D eigenvalue weighted by atomic mass is 79.9. The van der Waals surface area contributed by atoms with Crippen molar-refractivity contribution in [1.29, 1.82) is 0 Å². The van der Waals surface area contributed by atoms with Crippen molar-refractivity contribution in [2.24, 2.45) is 0 Å². The van der Waals surface area contributed by atoms with Gasteiger partial charge in [0.15, 0.2) is 0 Å². The molecule has 26 heavy (non-hydrogen) atoms. The van der Waals surface area contributed by atoms with Crippen molar-refractivity contribution >= 4 is 23.6 Å². The molecule has 0 saturated heterocycles. The maximum Gasteiger partial charge on any atom is 0.569 e. The highest BCUT2D eigenvalue weighted by Crippen LogP contribution is 2.27. The van der Waals surface area contributed by atoms with Gasteiger partial charge < -0.3 is 9.68 Å². The van der Waals surface area contributed by atoms with Crippen LogP contribution in [-0.2, 0) is 0 Å². The predicted octanol–water partition coefficient (Wildman–Crippen LogP) is 6.18. The molecule has 0 unspecified atom stereocenters. The molecule has 0 aliphatic carbocycles. The van der Waals surface area contributed by atoms with Gasteiger partial charge in [0.1, 0.15) is 17.4 Å². The van der Waals surface area contributed by atoms with Crippen molar-refractivity contribution in [3.8, 4) is 5.75 Å². The summed E-state index contributed by atoms with van der Waals surface area (Å²) in [6.07, 6.45) is 0. The first kappa shape index (κ1) is 22.6. The summed E-state index contributed by atoms with van der Waals surface area (Å²) < 4.78 is 32.5. The van der Waals surface area contributed by atoms with Gasteiger partial charge in [-0.05, 0) is 72.2 Å². The Bertz CT molecular complexity index is 749. The molecule has 0 aliphatic heterocycles. The van der Waals surface area contributed by atoms with Crippen LogP contribution in [0, 0.1) is 25.5 Å². The first-order chi connectivity index (χ1) is 12.1. The van der Waals surface area contributed by atoms with E-state index in [0.717, 1.165) is 15.6 Å². The molecule has 0 aliphatic rings. The van der Waals surface area contributed by atoms with Crippen molar-refractivity contribution in [1.82, 2.24) is 0 Å². The second kappa shape index (κ2) is 10.1. The van der Waals surface area contributed by atoms with E-state index in [1.54, 1.807) is 19.1 Å². The van der Waals surface area contributed by atoms with Crippen molar-refractivity contribution < 1.29 is 18.5 Å². The van der Waals surface area contributed by atoms with Gasteiger partial charge in [-0.2, -0.15) is 0 Å². The zero-order valence-electron chi connectivity index (χ0n) is 16.0. The Kier molecular flexibility index (Phi) is 8.77. The predicted molar refractivity (Wildman–Crippen MR) is 107 cm³/mol.